The molecule has 1 unspecified atom stereocenters. The first-order chi connectivity index (χ1) is 9.20. The van der Waals surface area contributed by atoms with Crippen molar-refractivity contribution in [1.82, 2.24) is 4.72 Å². The third-order valence-corrected chi connectivity index (χ3v) is 4.62. The van der Waals surface area contributed by atoms with E-state index in [2.05, 4.69) is 4.72 Å². The van der Waals surface area contributed by atoms with Crippen LogP contribution in [0, 0.1) is 5.41 Å². The zero-order valence-electron chi connectivity index (χ0n) is 12.4. The van der Waals surface area contributed by atoms with E-state index < -0.39 is 10.0 Å². The molecule has 1 atom stereocenters. The molecule has 1 rings (SSSR count). The number of methoxy groups -OCH3 is 1. The molecular weight excluding hydrogens is 278 g/mol. The maximum Gasteiger partial charge on any atom is 0.240 e. The summed E-state index contributed by atoms with van der Waals surface area (Å²) in [6.07, 6.45) is 0.374. The number of rotatable bonds is 6. The van der Waals surface area contributed by atoms with E-state index in [0.717, 1.165) is 0 Å². The van der Waals surface area contributed by atoms with Crippen molar-refractivity contribution in [2.75, 3.05) is 13.7 Å². The summed E-state index contributed by atoms with van der Waals surface area (Å²) in [5.74, 6) is 0.603. The molecule has 1 aromatic rings. The molecule has 0 saturated carbocycles. The van der Waals surface area contributed by atoms with Crippen molar-refractivity contribution in [3.8, 4) is 5.75 Å². The molecule has 20 heavy (non-hydrogen) atoms. The average molecular weight is 301 g/mol. The lowest BCUT2D eigenvalue weighted by molar-refractivity contribution is 0.214. The first kappa shape index (κ1) is 16.9. The number of hydrogen-bond donors (Lipinski definition) is 2. The number of aliphatic hydroxyl groups excluding tert-OH is 1. The second kappa shape index (κ2) is 6.56. The maximum absolute atomic E-state index is 12.3. The summed E-state index contributed by atoms with van der Waals surface area (Å²) in [5, 5.41) is 9.08. The summed E-state index contributed by atoms with van der Waals surface area (Å²) >= 11 is 0. The van der Waals surface area contributed by atoms with E-state index in [1.165, 1.54) is 19.2 Å². The molecule has 0 aliphatic rings. The first-order valence-electron chi connectivity index (χ1n) is 6.48. The monoisotopic (exact) mass is 301 g/mol. The molecular formula is C14H23NO4S. The molecule has 0 aliphatic carbocycles. The third kappa shape index (κ3) is 4.47. The van der Waals surface area contributed by atoms with Gasteiger partial charge in [0, 0.05) is 12.6 Å². The molecule has 0 spiro atoms. The highest BCUT2D eigenvalue weighted by atomic mass is 32.2. The van der Waals surface area contributed by atoms with Gasteiger partial charge in [-0.2, -0.15) is 0 Å². The van der Waals surface area contributed by atoms with E-state index >= 15 is 0 Å². The predicted octanol–water partition coefficient (Wildman–Crippen LogP) is 1.77. The molecule has 0 amide bonds. The van der Waals surface area contributed by atoms with Gasteiger partial charge in [0.2, 0.25) is 10.0 Å². The molecule has 2 N–H and O–H groups in total. The zero-order chi connectivity index (χ0) is 15.4. The number of nitrogens with one attached hydrogen (secondary N) is 1. The lowest BCUT2D eigenvalue weighted by atomic mass is 9.86. The molecule has 0 saturated heterocycles. The summed E-state index contributed by atoms with van der Waals surface area (Å²) in [4.78, 5) is 0.186. The van der Waals surface area contributed by atoms with Crippen LogP contribution in [0.1, 0.15) is 27.2 Å². The van der Waals surface area contributed by atoms with E-state index in [4.69, 9.17) is 9.84 Å². The van der Waals surface area contributed by atoms with Gasteiger partial charge in [0.1, 0.15) is 5.75 Å². The Morgan fingerprint density at radius 3 is 2.20 bits per heavy atom. The molecule has 0 aromatic heterocycles. The smallest absolute Gasteiger partial charge is 0.240 e. The Hall–Kier alpha value is -1.11. The fraction of sp³-hybridized carbons (Fsp3) is 0.571. The quantitative estimate of drug-likeness (QED) is 0.839. The molecule has 0 aliphatic heterocycles. The highest BCUT2D eigenvalue weighted by Crippen LogP contribution is 2.24. The fourth-order valence-corrected chi connectivity index (χ4v) is 3.28. The van der Waals surface area contributed by atoms with Gasteiger partial charge in [0.15, 0.2) is 0 Å². The highest BCUT2D eigenvalue weighted by molar-refractivity contribution is 7.89. The van der Waals surface area contributed by atoms with Crippen molar-refractivity contribution in [3.63, 3.8) is 0 Å². The fourth-order valence-electron chi connectivity index (χ4n) is 1.81. The van der Waals surface area contributed by atoms with Crippen LogP contribution in [-0.2, 0) is 10.0 Å². The van der Waals surface area contributed by atoms with E-state index in [-0.39, 0.29) is 23.0 Å². The topological polar surface area (TPSA) is 75.6 Å². The highest BCUT2D eigenvalue weighted by Gasteiger charge is 2.29. The van der Waals surface area contributed by atoms with Gasteiger partial charge in [-0.25, -0.2) is 13.1 Å². The van der Waals surface area contributed by atoms with Gasteiger partial charge >= 0.3 is 0 Å². The number of ether oxygens (including phenoxy) is 1. The predicted molar refractivity (Wildman–Crippen MR) is 78.3 cm³/mol. The zero-order valence-corrected chi connectivity index (χ0v) is 13.2. The minimum atomic E-state index is -3.61. The van der Waals surface area contributed by atoms with E-state index in [9.17, 15) is 8.42 Å². The molecule has 0 bridgehead atoms. The Kier molecular flexibility index (Phi) is 5.56. The Morgan fingerprint density at radius 2 is 1.80 bits per heavy atom. The number of sulfonamides is 1. The van der Waals surface area contributed by atoms with Crippen LogP contribution in [0.4, 0.5) is 0 Å². The van der Waals surface area contributed by atoms with E-state index in [1.54, 1.807) is 12.1 Å². The van der Waals surface area contributed by atoms with Gasteiger partial charge < -0.3 is 9.84 Å². The van der Waals surface area contributed by atoms with Crippen molar-refractivity contribution in [3.05, 3.63) is 24.3 Å². The normalized spacial score (nSPS) is 14.1. The van der Waals surface area contributed by atoms with Crippen molar-refractivity contribution in [2.45, 2.75) is 38.1 Å². The second-order valence-corrected chi connectivity index (χ2v) is 7.44. The SMILES string of the molecule is COc1ccc(S(=O)(=O)NC(CCO)C(C)(C)C)cc1. The van der Waals surface area contributed by atoms with Crippen LogP contribution in [-0.4, -0.2) is 33.3 Å². The Morgan fingerprint density at radius 1 is 1.25 bits per heavy atom. The van der Waals surface area contributed by atoms with Crippen LogP contribution in [0.15, 0.2) is 29.2 Å². The minimum Gasteiger partial charge on any atom is -0.497 e. The summed E-state index contributed by atoms with van der Waals surface area (Å²) in [7, 11) is -2.08. The summed E-state index contributed by atoms with van der Waals surface area (Å²) < 4.78 is 32.3. The maximum atomic E-state index is 12.3. The second-order valence-electron chi connectivity index (χ2n) is 5.73. The van der Waals surface area contributed by atoms with Crippen molar-refractivity contribution in [2.24, 2.45) is 5.41 Å². The van der Waals surface area contributed by atoms with Crippen LogP contribution >= 0.6 is 0 Å². The van der Waals surface area contributed by atoms with Crippen LogP contribution < -0.4 is 9.46 Å². The Bertz CT molecular complexity index is 517. The number of aliphatic hydroxyl groups is 1. The molecule has 0 radical (unpaired) electrons. The molecule has 5 nitrogen and oxygen atoms in total. The number of benzene rings is 1. The molecule has 0 fully saturated rings. The minimum absolute atomic E-state index is 0.0624. The molecule has 0 heterocycles. The third-order valence-electron chi connectivity index (χ3n) is 3.13. The Labute approximate surface area is 121 Å². The molecule has 114 valence electrons. The summed E-state index contributed by atoms with van der Waals surface area (Å²) in [5.41, 5.74) is -0.276. The largest absolute Gasteiger partial charge is 0.497 e. The van der Waals surface area contributed by atoms with E-state index in [0.29, 0.717) is 12.2 Å². The lowest BCUT2D eigenvalue weighted by Crippen LogP contribution is -2.44. The molecule has 1 aromatic carbocycles. The van der Waals surface area contributed by atoms with Gasteiger partial charge in [-0.15, -0.1) is 0 Å². The molecule has 6 heteroatoms. The van der Waals surface area contributed by atoms with Gasteiger partial charge in [-0.3, -0.25) is 0 Å². The summed E-state index contributed by atoms with van der Waals surface area (Å²) in [6.45, 7) is 5.74. The van der Waals surface area contributed by atoms with Gasteiger partial charge in [-0.05, 0) is 36.1 Å². The van der Waals surface area contributed by atoms with Crippen molar-refractivity contribution in [1.29, 1.82) is 0 Å². The lowest BCUT2D eigenvalue weighted by Gasteiger charge is -2.30. The van der Waals surface area contributed by atoms with Crippen LogP contribution in [0.5, 0.6) is 5.75 Å². The van der Waals surface area contributed by atoms with E-state index in [1.807, 2.05) is 20.8 Å². The number of hydrogen-bond acceptors (Lipinski definition) is 4. The summed E-state index contributed by atoms with van der Waals surface area (Å²) in [6, 6.07) is 5.87. The first-order valence-corrected chi connectivity index (χ1v) is 7.96. The average Bonchev–Trinajstić information content (AvgIpc) is 2.37. The standard InChI is InChI=1S/C14H23NO4S/c1-14(2,3)13(9-10-16)15-20(17,18)12-7-5-11(19-4)6-8-12/h5-8,13,15-16H,9-10H2,1-4H3. The Balaban J connectivity index is 2.97. The van der Waals surface area contributed by atoms with Crippen molar-refractivity contribution >= 4 is 10.0 Å². The van der Waals surface area contributed by atoms with Gasteiger partial charge in [0.25, 0.3) is 0 Å². The van der Waals surface area contributed by atoms with Gasteiger partial charge in [0.05, 0.1) is 12.0 Å². The van der Waals surface area contributed by atoms with Crippen LogP contribution in [0.2, 0.25) is 0 Å². The van der Waals surface area contributed by atoms with Crippen LogP contribution in [0.3, 0.4) is 0 Å². The van der Waals surface area contributed by atoms with Crippen LogP contribution in [0.25, 0.3) is 0 Å². The van der Waals surface area contributed by atoms with Crippen molar-refractivity contribution < 1.29 is 18.3 Å². The van der Waals surface area contributed by atoms with Gasteiger partial charge in [-0.1, -0.05) is 20.8 Å².